The largest absolute Gasteiger partial charge is 0.321 e. The highest BCUT2D eigenvalue weighted by Gasteiger charge is 2.35. The first kappa shape index (κ1) is 14.7. The molecule has 0 aliphatic carbocycles. The van der Waals surface area contributed by atoms with Gasteiger partial charge < -0.3 is 11.1 Å². The highest BCUT2D eigenvalue weighted by Crippen LogP contribution is 2.29. The Balaban J connectivity index is 2.58. The molecule has 0 amide bonds. The van der Waals surface area contributed by atoms with Crippen LogP contribution >= 0.6 is 12.6 Å². The van der Waals surface area contributed by atoms with E-state index in [1.165, 1.54) is 19.8 Å². The van der Waals surface area contributed by atoms with Crippen molar-refractivity contribution in [3.8, 4) is 0 Å². The van der Waals surface area contributed by atoms with Crippen LogP contribution in [0.1, 0.15) is 39.5 Å². The Morgan fingerprint density at radius 3 is 2.65 bits per heavy atom. The van der Waals surface area contributed by atoms with E-state index in [0.717, 1.165) is 13.0 Å². The summed E-state index contributed by atoms with van der Waals surface area (Å²) in [5.41, 5.74) is 5.76. The second kappa shape index (κ2) is 5.98. The van der Waals surface area contributed by atoms with E-state index in [1.807, 2.05) is 6.92 Å². The van der Waals surface area contributed by atoms with E-state index in [9.17, 15) is 9.59 Å². The molecule has 0 aromatic carbocycles. The molecule has 0 aromatic rings. The zero-order valence-corrected chi connectivity index (χ0v) is 11.4. The Morgan fingerprint density at radius 1 is 1.53 bits per heavy atom. The van der Waals surface area contributed by atoms with E-state index >= 15 is 0 Å². The third-order valence-corrected chi connectivity index (χ3v) is 3.87. The first-order valence-corrected chi connectivity index (χ1v) is 6.55. The van der Waals surface area contributed by atoms with E-state index < -0.39 is 17.6 Å². The number of hydrogen-bond donors (Lipinski definition) is 3. The quantitative estimate of drug-likeness (QED) is 0.501. The lowest BCUT2D eigenvalue weighted by Gasteiger charge is -2.38. The number of carbonyl (C=O) groups excluding carboxylic acids is 2. The molecule has 0 radical (unpaired) electrons. The molecule has 1 rings (SSSR count). The van der Waals surface area contributed by atoms with Crippen molar-refractivity contribution >= 4 is 24.2 Å². The number of hydrogen-bond acceptors (Lipinski definition) is 5. The fourth-order valence-corrected chi connectivity index (χ4v) is 2.74. The fourth-order valence-electron chi connectivity index (χ4n) is 2.32. The van der Waals surface area contributed by atoms with Gasteiger partial charge in [-0.3, -0.25) is 9.59 Å². The lowest BCUT2D eigenvalue weighted by atomic mass is 9.86. The molecular formula is C12H22N2O2S. The average molecular weight is 258 g/mol. The van der Waals surface area contributed by atoms with Crippen molar-refractivity contribution in [2.75, 3.05) is 6.54 Å². The molecule has 0 saturated carbocycles. The maximum absolute atomic E-state index is 11.5. The first-order valence-electron chi connectivity index (χ1n) is 6.10. The Morgan fingerprint density at radius 2 is 2.18 bits per heavy atom. The van der Waals surface area contributed by atoms with Crippen LogP contribution in [0.4, 0.5) is 0 Å². The molecular weight excluding hydrogens is 236 g/mol. The summed E-state index contributed by atoms with van der Waals surface area (Å²) in [5.74, 6) is -0.973. The molecule has 17 heavy (non-hydrogen) atoms. The van der Waals surface area contributed by atoms with Crippen molar-refractivity contribution in [1.29, 1.82) is 0 Å². The molecule has 1 aliphatic heterocycles. The lowest BCUT2D eigenvalue weighted by Crippen LogP contribution is -2.52. The second-order valence-corrected chi connectivity index (χ2v) is 6.11. The number of nitrogens with two attached hydrogens (primary N) is 1. The molecule has 2 unspecified atom stereocenters. The summed E-state index contributed by atoms with van der Waals surface area (Å²) >= 11 is 4.63. The number of rotatable bonds is 5. The first-order chi connectivity index (χ1) is 7.84. The SMILES string of the molecule is CC(=O)C(=O)[C@@H](N)CC(C)(S)C1CCCCN1. The summed E-state index contributed by atoms with van der Waals surface area (Å²) in [4.78, 5) is 22.5. The van der Waals surface area contributed by atoms with Crippen molar-refractivity contribution in [3.63, 3.8) is 0 Å². The van der Waals surface area contributed by atoms with Crippen LogP contribution < -0.4 is 11.1 Å². The summed E-state index contributed by atoms with van der Waals surface area (Å²) in [6.07, 6.45) is 3.82. The topological polar surface area (TPSA) is 72.2 Å². The Kier molecular flexibility index (Phi) is 5.16. The van der Waals surface area contributed by atoms with Crippen LogP contribution in [0.25, 0.3) is 0 Å². The van der Waals surface area contributed by atoms with Crippen LogP contribution in [0, 0.1) is 0 Å². The molecule has 3 atom stereocenters. The summed E-state index contributed by atoms with van der Waals surface area (Å²) < 4.78 is -0.356. The Labute approximate surface area is 108 Å². The zero-order chi connectivity index (χ0) is 13.1. The monoisotopic (exact) mass is 258 g/mol. The summed E-state index contributed by atoms with van der Waals surface area (Å²) in [7, 11) is 0. The van der Waals surface area contributed by atoms with Crippen LogP contribution in [-0.2, 0) is 9.59 Å². The smallest absolute Gasteiger partial charge is 0.214 e. The van der Waals surface area contributed by atoms with Crippen LogP contribution in [0.5, 0.6) is 0 Å². The Hall–Kier alpha value is -0.390. The zero-order valence-electron chi connectivity index (χ0n) is 10.5. The molecule has 1 fully saturated rings. The van der Waals surface area contributed by atoms with Gasteiger partial charge in [-0.25, -0.2) is 0 Å². The summed E-state index contributed by atoms with van der Waals surface area (Å²) in [6, 6.07) is -0.482. The molecule has 4 nitrogen and oxygen atoms in total. The molecule has 98 valence electrons. The molecule has 1 saturated heterocycles. The molecule has 0 spiro atoms. The van der Waals surface area contributed by atoms with Gasteiger partial charge in [-0.15, -0.1) is 0 Å². The number of ketones is 2. The van der Waals surface area contributed by atoms with Gasteiger partial charge in [0.1, 0.15) is 0 Å². The molecule has 5 heteroatoms. The number of carbonyl (C=O) groups is 2. The molecule has 0 aromatic heterocycles. The maximum atomic E-state index is 11.5. The normalized spacial score (nSPS) is 26.0. The minimum atomic E-state index is -0.737. The molecule has 1 aliphatic rings. The number of nitrogens with one attached hydrogen (secondary N) is 1. The highest BCUT2D eigenvalue weighted by molar-refractivity contribution is 7.81. The van der Waals surface area contributed by atoms with E-state index in [-0.39, 0.29) is 10.8 Å². The minimum absolute atomic E-state index is 0.255. The fraction of sp³-hybridized carbons (Fsp3) is 0.833. The van der Waals surface area contributed by atoms with Gasteiger partial charge in [-0.2, -0.15) is 12.6 Å². The Bertz CT molecular complexity index is 299. The van der Waals surface area contributed by atoms with E-state index in [1.54, 1.807) is 0 Å². The van der Waals surface area contributed by atoms with Gasteiger partial charge in [0.2, 0.25) is 5.78 Å². The van der Waals surface area contributed by atoms with Gasteiger partial charge in [-0.1, -0.05) is 6.42 Å². The van der Waals surface area contributed by atoms with Crippen LogP contribution in [0.2, 0.25) is 0 Å². The predicted molar refractivity (Wildman–Crippen MR) is 71.3 cm³/mol. The molecule has 0 bridgehead atoms. The van der Waals surface area contributed by atoms with Gasteiger partial charge >= 0.3 is 0 Å². The highest BCUT2D eigenvalue weighted by atomic mass is 32.1. The van der Waals surface area contributed by atoms with Gasteiger partial charge in [0.15, 0.2) is 5.78 Å². The second-order valence-electron chi connectivity index (χ2n) is 5.09. The standard InChI is InChI=1S/C12H22N2O2S/c1-8(15)11(16)9(13)7-12(2,17)10-5-3-4-6-14-10/h9-10,14,17H,3-7,13H2,1-2H3/t9-,10?,12?/m0/s1. The number of Topliss-reactive ketones (excluding diaryl/α,β-unsaturated/α-hetero) is 2. The molecule has 3 N–H and O–H groups in total. The minimum Gasteiger partial charge on any atom is -0.321 e. The van der Waals surface area contributed by atoms with Crippen LogP contribution in [0.3, 0.4) is 0 Å². The number of thiol groups is 1. The third-order valence-electron chi connectivity index (χ3n) is 3.38. The van der Waals surface area contributed by atoms with Crippen LogP contribution in [0.15, 0.2) is 0 Å². The summed E-state index contributed by atoms with van der Waals surface area (Å²) in [6.45, 7) is 4.22. The van der Waals surface area contributed by atoms with Crippen molar-refractivity contribution in [2.24, 2.45) is 5.73 Å². The summed E-state index contributed by atoms with van der Waals surface area (Å²) in [5, 5.41) is 3.40. The van der Waals surface area contributed by atoms with Gasteiger partial charge in [-0.05, 0) is 32.7 Å². The van der Waals surface area contributed by atoms with Gasteiger partial charge in [0, 0.05) is 17.7 Å². The van der Waals surface area contributed by atoms with Crippen molar-refractivity contribution < 1.29 is 9.59 Å². The maximum Gasteiger partial charge on any atom is 0.214 e. The lowest BCUT2D eigenvalue weighted by molar-refractivity contribution is -0.136. The number of piperidine rings is 1. The third kappa shape index (κ3) is 4.08. The van der Waals surface area contributed by atoms with Crippen molar-refractivity contribution in [2.45, 2.75) is 56.4 Å². The van der Waals surface area contributed by atoms with Gasteiger partial charge in [0.05, 0.1) is 6.04 Å². The van der Waals surface area contributed by atoms with E-state index in [0.29, 0.717) is 6.42 Å². The van der Waals surface area contributed by atoms with Crippen LogP contribution in [-0.4, -0.2) is 34.9 Å². The molecule has 1 heterocycles. The van der Waals surface area contributed by atoms with Crippen molar-refractivity contribution in [1.82, 2.24) is 5.32 Å². The average Bonchev–Trinajstić information content (AvgIpc) is 2.28. The van der Waals surface area contributed by atoms with E-state index in [2.05, 4.69) is 17.9 Å². The van der Waals surface area contributed by atoms with Gasteiger partial charge in [0.25, 0.3) is 0 Å². The predicted octanol–water partition coefficient (Wildman–Crippen LogP) is 0.693. The van der Waals surface area contributed by atoms with Crippen molar-refractivity contribution in [3.05, 3.63) is 0 Å². The van der Waals surface area contributed by atoms with E-state index in [4.69, 9.17) is 5.73 Å².